The number of rotatable bonds is 1. The minimum absolute atomic E-state index is 0.00361. The minimum Gasteiger partial charge on any atom is -0.478 e. The maximum absolute atomic E-state index is 10.2. The Labute approximate surface area is 59.3 Å². The van der Waals surface area contributed by atoms with Crippen LogP contribution in [0, 0.1) is 0 Å². The third-order valence-corrected chi connectivity index (χ3v) is 1.59. The van der Waals surface area contributed by atoms with Gasteiger partial charge in [0.25, 0.3) is 0 Å². The average molecular weight is 142 g/mol. The van der Waals surface area contributed by atoms with Crippen molar-refractivity contribution in [1.82, 2.24) is 0 Å². The van der Waals surface area contributed by atoms with Gasteiger partial charge in [0.15, 0.2) is 0 Å². The molecule has 0 bridgehead atoms. The molecule has 0 amide bonds. The fourth-order valence-electron chi connectivity index (χ4n) is 1.01. The zero-order chi connectivity index (χ0) is 7.56. The summed E-state index contributed by atoms with van der Waals surface area (Å²) in [5.41, 5.74) is 0.882. The van der Waals surface area contributed by atoms with E-state index >= 15 is 0 Å². The molecule has 1 N–H and O–H groups in total. The lowest BCUT2D eigenvalue weighted by Gasteiger charge is -2.00. The Balaban J connectivity index is 2.62. The molecule has 56 valence electrons. The summed E-state index contributed by atoms with van der Waals surface area (Å²) < 4.78 is 5.13. The second-order valence-corrected chi connectivity index (χ2v) is 2.32. The minimum atomic E-state index is -0.882. The van der Waals surface area contributed by atoms with Gasteiger partial charge in [0.1, 0.15) is 0 Å². The van der Waals surface area contributed by atoms with E-state index in [0.29, 0.717) is 6.61 Å². The molecule has 1 rings (SSSR count). The van der Waals surface area contributed by atoms with Crippen molar-refractivity contribution in [2.24, 2.45) is 0 Å². The van der Waals surface area contributed by atoms with Crippen molar-refractivity contribution >= 4 is 5.97 Å². The Morgan fingerprint density at radius 1 is 1.90 bits per heavy atom. The standard InChI is InChI=1S/C7H10O3/c1-5-6(2-3-10-5)4-7(8)9/h4-5H,2-3H2,1H3,(H,8,9)/b6-4-/t5-/m0/s1. The third kappa shape index (κ3) is 1.57. The predicted molar refractivity (Wildman–Crippen MR) is 35.7 cm³/mol. The maximum atomic E-state index is 10.2. The summed E-state index contributed by atoms with van der Waals surface area (Å²) in [7, 11) is 0. The summed E-state index contributed by atoms with van der Waals surface area (Å²) in [4.78, 5) is 10.2. The topological polar surface area (TPSA) is 46.5 Å². The monoisotopic (exact) mass is 142 g/mol. The van der Waals surface area contributed by atoms with E-state index in [1.165, 1.54) is 6.08 Å². The zero-order valence-electron chi connectivity index (χ0n) is 5.83. The van der Waals surface area contributed by atoms with E-state index in [-0.39, 0.29) is 6.10 Å². The summed E-state index contributed by atoms with van der Waals surface area (Å²) in [5.74, 6) is -0.882. The Hall–Kier alpha value is -0.830. The lowest BCUT2D eigenvalue weighted by Crippen LogP contribution is -2.02. The maximum Gasteiger partial charge on any atom is 0.328 e. The van der Waals surface area contributed by atoms with E-state index in [1.54, 1.807) is 0 Å². The fraction of sp³-hybridized carbons (Fsp3) is 0.571. The van der Waals surface area contributed by atoms with Gasteiger partial charge in [0.05, 0.1) is 12.7 Å². The summed E-state index contributed by atoms with van der Waals surface area (Å²) in [5, 5.41) is 8.36. The van der Waals surface area contributed by atoms with Crippen LogP contribution in [0.3, 0.4) is 0 Å². The van der Waals surface area contributed by atoms with Gasteiger partial charge in [-0.15, -0.1) is 0 Å². The van der Waals surface area contributed by atoms with E-state index in [2.05, 4.69) is 0 Å². The van der Waals surface area contributed by atoms with Gasteiger partial charge in [-0.1, -0.05) is 0 Å². The molecule has 1 aliphatic rings. The van der Waals surface area contributed by atoms with Gasteiger partial charge in [0.2, 0.25) is 0 Å². The van der Waals surface area contributed by atoms with Crippen LogP contribution >= 0.6 is 0 Å². The van der Waals surface area contributed by atoms with Crippen LogP contribution in [0.25, 0.3) is 0 Å². The zero-order valence-corrected chi connectivity index (χ0v) is 5.83. The number of hydrogen-bond acceptors (Lipinski definition) is 2. The number of ether oxygens (including phenoxy) is 1. The van der Waals surface area contributed by atoms with Gasteiger partial charge >= 0.3 is 5.97 Å². The molecule has 0 unspecified atom stereocenters. The molecule has 0 aliphatic carbocycles. The van der Waals surface area contributed by atoms with Gasteiger partial charge in [0, 0.05) is 6.08 Å². The largest absolute Gasteiger partial charge is 0.478 e. The number of aliphatic carboxylic acids is 1. The molecule has 0 radical (unpaired) electrons. The molecule has 0 aromatic carbocycles. The van der Waals surface area contributed by atoms with Crippen LogP contribution in [0.15, 0.2) is 11.6 Å². The van der Waals surface area contributed by atoms with Crippen LogP contribution < -0.4 is 0 Å². The highest BCUT2D eigenvalue weighted by Gasteiger charge is 2.16. The first-order chi connectivity index (χ1) is 4.70. The first-order valence-electron chi connectivity index (χ1n) is 3.25. The SMILES string of the molecule is C[C@@H]1OCC/C1=C/C(=O)O. The first-order valence-corrected chi connectivity index (χ1v) is 3.25. The van der Waals surface area contributed by atoms with Gasteiger partial charge in [-0.3, -0.25) is 0 Å². The Morgan fingerprint density at radius 3 is 3.00 bits per heavy atom. The van der Waals surface area contributed by atoms with Gasteiger partial charge in [-0.05, 0) is 18.9 Å². The van der Waals surface area contributed by atoms with Crippen molar-refractivity contribution in [2.75, 3.05) is 6.61 Å². The normalized spacial score (nSPS) is 29.3. The second-order valence-electron chi connectivity index (χ2n) is 2.32. The highest BCUT2D eigenvalue weighted by Crippen LogP contribution is 2.18. The number of hydrogen-bond donors (Lipinski definition) is 1. The second kappa shape index (κ2) is 2.84. The highest BCUT2D eigenvalue weighted by molar-refractivity contribution is 5.80. The van der Waals surface area contributed by atoms with Crippen molar-refractivity contribution in [3.05, 3.63) is 11.6 Å². The number of carboxylic acids is 1. The summed E-state index contributed by atoms with van der Waals surface area (Å²) in [6, 6.07) is 0. The molecule has 1 atom stereocenters. The Bertz CT molecular complexity index is 172. The molecule has 3 nitrogen and oxygen atoms in total. The molecule has 0 saturated carbocycles. The Kier molecular flexibility index (Phi) is 2.06. The van der Waals surface area contributed by atoms with Crippen LogP contribution in [0.5, 0.6) is 0 Å². The van der Waals surface area contributed by atoms with Crippen LogP contribution in [-0.4, -0.2) is 23.8 Å². The van der Waals surface area contributed by atoms with E-state index < -0.39 is 5.97 Å². The van der Waals surface area contributed by atoms with Gasteiger partial charge in [-0.2, -0.15) is 0 Å². The van der Waals surface area contributed by atoms with Crippen molar-refractivity contribution < 1.29 is 14.6 Å². The predicted octanol–water partition coefficient (Wildman–Crippen LogP) is 0.806. The third-order valence-electron chi connectivity index (χ3n) is 1.59. The van der Waals surface area contributed by atoms with Crippen molar-refractivity contribution in [1.29, 1.82) is 0 Å². The lowest BCUT2D eigenvalue weighted by atomic mass is 10.1. The van der Waals surface area contributed by atoms with E-state index in [4.69, 9.17) is 9.84 Å². The van der Waals surface area contributed by atoms with E-state index in [1.807, 2.05) is 6.92 Å². The molecule has 0 aromatic rings. The van der Waals surface area contributed by atoms with E-state index in [0.717, 1.165) is 12.0 Å². The summed E-state index contributed by atoms with van der Waals surface area (Å²) in [6.45, 7) is 2.52. The Morgan fingerprint density at radius 2 is 2.60 bits per heavy atom. The van der Waals surface area contributed by atoms with Gasteiger partial charge in [-0.25, -0.2) is 4.79 Å². The van der Waals surface area contributed by atoms with E-state index in [9.17, 15) is 4.79 Å². The molecule has 1 saturated heterocycles. The van der Waals surface area contributed by atoms with Crippen molar-refractivity contribution in [3.8, 4) is 0 Å². The molecule has 1 heterocycles. The number of carbonyl (C=O) groups is 1. The molecule has 0 spiro atoms. The fourth-order valence-corrected chi connectivity index (χ4v) is 1.01. The molecule has 0 aromatic heterocycles. The highest BCUT2D eigenvalue weighted by atomic mass is 16.5. The molecule has 3 heteroatoms. The first kappa shape index (κ1) is 7.28. The quantitative estimate of drug-likeness (QED) is 0.551. The molecular formula is C7H10O3. The average Bonchev–Trinajstić information content (AvgIpc) is 2.15. The van der Waals surface area contributed by atoms with Crippen molar-refractivity contribution in [3.63, 3.8) is 0 Å². The van der Waals surface area contributed by atoms with Crippen molar-refractivity contribution in [2.45, 2.75) is 19.4 Å². The summed E-state index contributed by atoms with van der Waals surface area (Å²) >= 11 is 0. The molecule has 10 heavy (non-hydrogen) atoms. The van der Waals surface area contributed by atoms with Crippen LogP contribution in [0.2, 0.25) is 0 Å². The van der Waals surface area contributed by atoms with Crippen LogP contribution in [-0.2, 0) is 9.53 Å². The molecular weight excluding hydrogens is 132 g/mol. The van der Waals surface area contributed by atoms with Crippen LogP contribution in [0.4, 0.5) is 0 Å². The molecule has 1 aliphatic heterocycles. The summed E-state index contributed by atoms with van der Waals surface area (Å²) in [6.07, 6.45) is 1.99. The van der Waals surface area contributed by atoms with Crippen LogP contribution in [0.1, 0.15) is 13.3 Å². The number of carboxylic acid groups (broad SMARTS) is 1. The lowest BCUT2D eigenvalue weighted by molar-refractivity contribution is -0.131. The smallest absolute Gasteiger partial charge is 0.328 e. The van der Waals surface area contributed by atoms with Gasteiger partial charge < -0.3 is 9.84 Å². The molecule has 1 fully saturated rings.